The van der Waals surface area contributed by atoms with Crippen LogP contribution in [0, 0.1) is 11.3 Å². The van der Waals surface area contributed by atoms with Gasteiger partial charge in [-0.25, -0.2) is 0 Å². The number of nitrogens with one attached hydrogen (secondary N) is 1. The Hall–Kier alpha value is -1.82. The van der Waals surface area contributed by atoms with Crippen molar-refractivity contribution in [2.45, 2.75) is 38.6 Å². The molecule has 2 unspecified atom stereocenters. The lowest BCUT2D eigenvalue weighted by Crippen LogP contribution is -2.36. The predicted octanol–water partition coefficient (Wildman–Crippen LogP) is 2.60. The molecule has 90 valence electrons. The molecule has 0 bridgehead atoms. The summed E-state index contributed by atoms with van der Waals surface area (Å²) in [7, 11) is 0. The van der Waals surface area contributed by atoms with Gasteiger partial charge in [0.1, 0.15) is 6.04 Å². The van der Waals surface area contributed by atoms with Gasteiger partial charge in [0.05, 0.1) is 12.0 Å². The van der Waals surface area contributed by atoms with Gasteiger partial charge in [0.15, 0.2) is 0 Å². The van der Waals surface area contributed by atoms with Crippen molar-refractivity contribution in [3.63, 3.8) is 0 Å². The maximum atomic E-state index is 12.0. The van der Waals surface area contributed by atoms with Gasteiger partial charge in [0, 0.05) is 0 Å². The predicted molar refractivity (Wildman–Crippen MR) is 67.3 cm³/mol. The summed E-state index contributed by atoms with van der Waals surface area (Å²) in [6.07, 6.45) is 1.37. The number of benzene rings is 1. The summed E-state index contributed by atoms with van der Waals surface area (Å²) in [5, 5.41) is 11.6. The van der Waals surface area contributed by atoms with Gasteiger partial charge >= 0.3 is 0 Å². The van der Waals surface area contributed by atoms with Crippen LogP contribution in [0.2, 0.25) is 0 Å². The number of nitrogens with zero attached hydrogens (tertiary/aromatic N) is 1. The molecule has 1 N–H and O–H groups in total. The van der Waals surface area contributed by atoms with Gasteiger partial charge in [-0.05, 0) is 18.4 Å². The van der Waals surface area contributed by atoms with Gasteiger partial charge in [-0.3, -0.25) is 4.79 Å². The molecule has 0 radical (unpaired) electrons. The fraction of sp³-hybridized carbons (Fsp3) is 0.429. The van der Waals surface area contributed by atoms with E-state index in [0.717, 1.165) is 12.0 Å². The van der Waals surface area contributed by atoms with Crippen molar-refractivity contribution in [2.24, 2.45) is 0 Å². The standard InChI is InChI=1S/C14H18N2O/c1-3-12(10-15)16-14(17)13(4-2)11-8-6-5-7-9-11/h5-9,12-13H,3-4H2,1-2H3,(H,16,17). The summed E-state index contributed by atoms with van der Waals surface area (Å²) in [6.45, 7) is 3.86. The first kappa shape index (κ1) is 13.2. The van der Waals surface area contributed by atoms with Gasteiger partial charge in [-0.15, -0.1) is 0 Å². The molecule has 0 aliphatic carbocycles. The minimum absolute atomic E-state index is 0.0629. The lowest BCUT2D eigenvalue weighted by molar-refractivity contribution is -0.123. The highest BCUT2D eigenvalue weighted by Gasteiger charge is 2.20. The third kappa shape index (κ3) is 3.60. The van der Waals surface area contributed by atoms with Crippen LogP contribution in [0.15, 0.2) is 30.3 Å². The second-order valence-corrected chi connectivity index (χ2v) is 3.97. The zero-order chi connectivity index (χ0) is 12.7. The Labute approximate surface area is 102 Å². The molecule has 1 aromatic carbocycles. The van der Waals surface area contributed by atoms with E-state index in [1.807, 2.05) is 44.2 Å². The normalized spacial score (nSPS) is 13.5. The van der Waals surface area contributed by atoms with Crippen molar-refractivity contribution in [1.29, 1.82) is 5.26 Å². The fourth-order valence-corrected chi connectivity index (χ4v) is 1.76. The van der Waals surface area contributed by atoms with Crippen LogP contribution >= 0.6 is 0 Å². The first-order valence-electron chi connectivity index (χ1n) is 5.97. The van der Waals surface area contributed by atoms with E-state index in [4.69, 9.17) is 5.26 Å². The third-order valence-corrected chi connectivity index (χ3v) is 2.81. The van der Waals surface area contributed by atoms with E-state index in [9.17, 15) is 4.79 Å². The Kier molecular flexibility index (Phi) is 5.22. The highest BCUT2D eigenvalue weighted by molar-refractivity contribution is 5.84. The van der Waals surface area contributed by atoms with Crippen molar-refractivity contribution in [1.82, 2.24) is 5.32 Å². The Morgan fingerprint density at radius 2 is 1.94 bits per heavy atom. The Bertz CT molecular complexity index is 394. The summed E-state index contributed by atoms with van der Waals surface area (Å²) < 4.78 is 0. The molecule has 0 aliphatic rings. The second kappa shape index (κ2) is 6.70. The maximum Gasteiger partial charge on any atom is 0.228 e. The number of carbonyl (C=O) groups is 1. The van der Waals surface area contributed by atoms with E-state index < -0.39 is 0 Å². The van der Waals surface area contributed by atoms with Crippen LogP contribution in [-0.2, 0) is 4.79 Å². The minimum Gasteiger partial charge on any atom is -0.340 e. The number of carbonyl (C=O) groups excluding carboxylic acids is 1. The molecule has 1 aromatic rings. The van der Waals surface area contributed by atoms with Crippen LogP contribution in [0.4, 0.5) is 0 Å². The van der Waals surface area contributed by atoms with Crippen LogP contribution in [0.3, 0.4) is 0 Å². The molecule has 17 heavy (non-hydrogen) atoms. The van der Waals surface area contributed by atoms with Crippen molar-refractivity contribution >= 4 is 5.91 Å². The molecule has 0 saturated heterocycles. The van der Waals surface area contributed by atoms with Crippen LogP contribution in [-0.4, -0.2) is 11.9 Å². The van der Waals surface area contributed by atoms with Crippen molar-refractivity contribution in [3.8, 4) is 6.07 Å². The Balaban J connectivity index is 2.76. The molecular weight excluding hydrogens is 212 g/mol. The van der Waals surface area contributed by atoms with E-state index in [2.05, 4.69) is 11.4 Å². The molecule has 0 aliphatic heterocycles. The van der Waals surface area contributed by atoms with Crippen molar-refractivity contribution < 1.29 is 4.79 Å². The lowest BCUT2D eigenvalue weighted by atomic mass is 9.95. The molecule has 0 spiro atoms. The minimum atomic E-state index is -0.389. The fourth-order valence-electron chi connectivity index (χ4n) is 1.76. The zero-order valence-electron chi connectivity index (χ0n) is 10.3. The van der Waals surface area contributed by atoms with Crippen LogP contribution < -0.4 is 5.32 Å². The molecule has 0 fully saturated rings. The Morgan fingerprint density at radius 1 is 1.29 bits per heavy atom. The highest BCUT2D eigenvalue weighted by atomic mass is 16.1. The molecule has 0 saturated carbocycles. The van der Waals surface area contributed by atoms with Crippen molar-refractivity contribution in [3.05, 3.63) is 35.9 Å². The summed E-state index contributed by atoms with van der Waals surface area (Å²) >= 11 is 0. The second-order valence-electron chi connectivity index (χ2n) is 3.97. The van der Waals surface area contributed by atoms with E-state index in [1.54, 1.807) is 0 Å². The molecular formula is C14H18N2O. The monoisotopic (exact) mass is 230 g/mol. The number of nitriles is 1. The maximum absolute atomic E-state index is 12.0. The van der Waals surface area contributed by atoms with E-state index in [-0.39, 0.29) is 17.9 Å². The molecule has 0 aromatic heterocycles. The summed E-state index contributed by atoms with van der Waals surface area (Å²) in [6, 6.07) is 11.4. The summed E-state index contributed by atoms with van der Waals surface area (Å²) in [5.74, 6) is -0.231. The number of hydrogen-bond acceptors (Lipinski definition) is 2. The SMILES string of the molecule is CCC(C#N)NC(=O)C(CC)c1ccccc1. The van der Waals surface area contributed by atoms with Gasteiger partial charge in [-0.2, -0.15) is 5.26 Å². The van der Waals surface area contributed by atoms with Crippen LogP contribution in [0.5, 0.6) is 0 Å². The van der Waals surface area contributed by atoms with E-state index >= 15 is 0 Å². The lowest BCUT2D eigenvalue weighted by Gasteiger charge is -2.17. The van der Waals surface area contributed by atoms with Gasteiger partial charge in [-0.1, -0.05) is 44.2 Å². The van der Waals surface area contributed by atoms with Crippen LogP contribution in [0.1, 0.15) is 38.2 Å². The molecule has 1 amide bonds. The zero-order valence-corrected chi connectivity index (χ0v) is 10.3. The smallest absolute Gasteiger partial charge is 0.228 e. The first-order chi connectivity index (χ1) is 8.22. The molecule has 0 heterocycles. The number of hydrogen-bond donors (Lipinski definition) is 1. The van der Waals surface area contributed by atoms with Gasteiger partial charge in [0.2, 0.25) is 5.91 Å². The van der Waals surface area contributed by atoms with Crippen molar-refractivity contribution in [2.75, 3.05) is 0 Å². The first-order valence-corrected chi connectivity index (χ1v) is 5.97. The summed E-state index contributed by atoms with van der Waals surface area (Å²) in [5.41, 5.74) is 1.00. The molecule has 2 atom stereocenters. The number of amides is 1. The Morgan fingerprint density at radius 3 is 2.41 bits per heavy atom. The van der Waals surface area contributed by atoms with E-state index in [1.165, 1.54) is 0 Å². The molecule has 3 heteroatoms. The van der Waals surface area contributed by atoms with E-state index in [0.29, 0.717) is 6.42 Å². The van der Waals surface area contributed by atoms with Gasteiger partial charge < -0.3 is 5.32 Å². The average molecular weight is 230 g/mol. The highest BCUT2D eigenvalue weighted by Crippen LogP contribution is 2.19. The topological polar surface area (TPSA) is 52.9 Å². The summed E-state index contributed by atoms with van der Waals surface area (Å²) in [4.78, 5) is 12.0. The van der Waals surface area contributed by atoms with Gasteiger partial charge in [0.25, 0.3) is 0 Å². The molecule has 1 rings (SSSR count). The molecule has 3 nitrogen and oxygen atoms in total. The van der Waals surface area contributed by atoms with Crippen LogP contribution in [0.25, 0.3) is 0 Å². The third-order valence-electron chi connectivity index (χ3n) is 2.81. The average Bonchev–Trinajstić information content (AvgIpc) is 2.38. The number of rotatable bonds is 5. The quantitative estimate of drug-likeness (QED) is 0.845. The largest absolute Gasteiger partial charge is 0.340 e.